The Kier molecular flexibility index (Phi) is 2.93. The van der Waals surface area contributed by atoms with Crippen LogP contribution in [-0.2, 0) is 0 Å². The Morgan fingerprint density at radius 2 is 2.56 bits per heavy atom. The molecule has 1 aliphatic heterocycles. The number of alkyl halides is 2. The molecule has 3 heteroatoms. The van der Waals surface area contributed by atoms with Crippen LogP contribution in [0.25, 0.3) is 0 Å². The zero-order valence-electron chi connectivity index (χ0n) is 5.10. The first-order valence-corrected chi connectivity index (χ1v) is 5.12. The van der Waals surface area contributed by atoms with E-state index in [1.807, 2.05) is 0 Å². The molecule has 0 amide bonds. The Labute approximate surface area is 73.2 Å². The molecule has 9 heavy (non-hydrogen) atoms. The van der Waals surface area contributed by atoms with Crippen molar-refractivity contribution in [1.29, 1.82) is 0 Å². The van der Waals surface area contributed by atoms with Crippen molar-refractivity contribution in [3.8, 4) is 0 Å². The molecule has 2 unspecified atom stereocenters. The number of thioether (sulfide) groups is 1. The third-order valence-corrected chi connectivity index (χ3v) is 4.44. The Bertz CT molecular complexity index is 135. The number of hydrogen-bond donors (Lipinski definition) is 0. The zero-order chi connectivity index (χ0) is 6.85. The Morgan fingerprint density at radius 3 is 2.78 bits per heavy atom. The molecule has 0 spiro atoms. The highest BCUT2D eigenvalue weighted by Crippen LogP contribution is 2.39. The smallest absolute Gasteiger partial charge is 0.0992 e. The molecule has 0 aliphatic carbocycles. The molecule has 0 saturated carbocycles. The molecule has 0 radical (unpaired) electrons. The Balaban J connectivity index is 2.52. The molecule has 0 aromatic carbocycles. The van der Waals surface area contributed by atoms with Gasteiger partial charge in [0.2, 0.25) is 0 Å². The molecule has 0 nitrogen and oxygen atoms in total. The SMILES string of the molecule is CCC1=CC(Br)C(Cl)S1. The van der Waals surface area contributed by atoms with Gasteiger partial charge in [0.05, 0.1) is 9.54 Å². The summed E-state index contributed by atoms with van der Waals surface area (Å²) in [4.78, 5) is 1.77. The summed E-state index contributed by atoms with van der Waals surface area (Å²) in [5.41, 5.74) is 0. The summed E-state index contributed by atoms with van der Waals surface area (Å²) in [7, 11) is 0. The highest BCUT2D eigenvalue weighted by atomic mass is 79.9. The summed E-state index contributed by atoms with van der Waals surface area (Å²) in [5, 5.41) is 0. The molecular formula is C6H8BrClS. The van der Waals surface area contributed by atoms with E-state index >= 15 is 0 Å². The Morgan fingerprint density at radius 1 is 1.89 bits per heavy atom. The lowest BCUT2D eigenvalue weighted by Gasteiger charge is -2.00. The van der Waals surface area contributed by atoms with Gasteiger partial charge in [-0.25, -0.2) is 0 Å². The quantitative estimate of drug-likeness (QED) is 0.619. The van der Waals surface area contributed by atoms with Crippen LogP contribution < -0.4 is 0 Å². The lowest BCUT2D eigenvalue weighted by atomic mass is 10.3. The van der Waals surface area contributed by atoms with E-state index in [1.165, 1.54) is 4.91 Å². The predicted molar refractivity (Wildman–Crippen MR) is 48.3 cm³/mol. The number of halogens is 2. The molecule has 0 bridgehead atoms. The van der Waals surface area contributed by atoms with Crippen molar-refractivity contribution < 1.29 is 0 Å². The highest BCUT2D eigenvalue weighted by Gasteiger charge is 2.22. The van der Waals surface area contributed by atoms with Gasteiger partial charge >= 0.3 is 0 Å². The topological polar surface area (TPSA) is 0 Å². The van der Waals surface area contributed by atoms with Gasteiger partial charge in [-0.15, -0.1) is 23.4 Å². The first-order chi connectivity index (χ1) is 4.24. The second kappa shape index (κ2) is 3.31. The van der Waals surface area contributed by atoms with Crippen LogP contribution in [0.15, 0.2) is 11.0 Å². The first-order valence-electron chi connectivity index (χ1n) is 2.89. The van der Waals surface area contributed by atoms with Crippen LogP contribution >= 0.6 is 39.3 Å². The molecule has 52 valence electrons. The van der Waals surface area contributed by atoms with Crippen LogP contribution in [0.5, 0.6) is 0 Å². The molecule has 0 N–H and O–H groups in total. The predicted octanol–water partition coefficient (Wildman–Crippen LogP) is 3.36. The van der Waals surface area contributed by atoms with Crippen LogP contribution in [0, 0.1) is 0 Å². The fraction of sp³-hybridized carbons (Fsp3) is 0.667. The van der Waals surface area contributed by atoms with Crippen LogP contribution in [0.3, 0.4) is 0 Å². The van der Waals surface area contributed by atoms with E-state index in [2.05, 4.69) is 28.9 Å². The Hall–Kier alpha value is 0.860. The molecule has 0 aromatic rings. The summed E-state index contributed by atoms with van der Waals surface area (Å²) in [6.07, 6.45) is 3.29. The minimum Gasteiger partial charge on any atom is -0.110 e. The monoisotopic (exact) mass is 226 g/mol. The maximum Gasteiger partial charge on any atom is 0.0992 e. The van der Waals surface area contributed by atoms with Crippen LogP contribution in [0.1, 0.15) is 13.3 Å². The van der Waals surface area contributed by atoms with E-state index in [1.54, 1.807) is 11.8 Å². The summed E-state index contributed by atoms with van der Waals surface area (Å²) >= 11 is 11.1. The van der Waals surface area contributed by atoms with Crippen molar-refractivity contribution in [2.24, 2.45) is 0 Å². The van der Waals surface area contributed by atoms with Crippen molar-refractivity contribution in [2.45, 2.75) is 22.9 Å². The van der Waals surface area contributed by atoms with Gasteiger partial charge in [-0.2, -0.15) is 0 Å². The van der Waals surface area contributed by atoms with Crippen LogP contribution in [-0.4, -0.2) is 9.54 Å². The first kappa shape index (κ1) is 7.96. The molecule has 0 aromatic heterocycles. The van der Waals surface area contributed by atoms with Crippen molar-refractivity contribution in [2.75, 3.05) is 0 Å². The second-order valence-corrected chi connectivity index (χ2v) is 4.95. The van der Waals surface area contributed by atoms with E-state index in [-0.39, 0.29) is 4.71 Å². The summed E-state index contributed by atoms with van der Waals surface area (Å²) in [6.45, 7) is 2.15. The van der Waals surface area contributed by atoms with E-state index in [4.69, 9.17) is 11.6 Å². The minimum atomic E-state index is 0.208. The van der Waals surface area contributed by atoms with Crippen molar-refractivity contribution in [3.05, 3.63) is 11.0 Å². The molecule has 0 fully saturated rings. The van der Waals surface area contributed by atoms with Gasteiger partial charge in [0, 0.05) is 0 Å². The molecule has 1 heterocycles. The van der Waals surface area contributed by atoms with Gasteiger partial charge in [-0.1, -0.05) is 28.9 Å². The van der Waals surface area contributed by atoms with Gasteiger partial charge in [-0.3, -0.25) is 0 Å². The van der Waals surface area contributed by atoms with Crippen molar-refractivity contribution >= 4 is 39.3 Å². The van der Waals surface area contributed by atoms with E-state index in [0.29, 0.717) is 4.83 Å². The van der Waals surface area contributed by atoms with Gasteiger partial charge in [0.15, 0.2) is 0 Å². The molecular weight excluding hydrogens is 219 g/mol. The van der Waals surface area contributed by atoms with Crippen molar-refractivity contribution in [3.63, 3.8) is 0 Å². The molecule has 1 rings (SSSR count). The van der Waals surface area contributed by atoms with Gasteiger partial charge in [-0.05, 0) is 11.3 Å². The average Bonchev–Trinajstić information content (AvgIpc) is 2.13. The van der Waals surface area contributed by atoms with Gasteiger partial charge in [0.25, 0.3) is 0 Å². The average molecular weight is 228 g/mol. The zero-order valence-corrected chi connectivity index (χ0v) is 8.26. The van der Waals surface area contributed by atoms with Gasteiger partial charge < -0.3 is 0 Å². The molecule has 2 atom stereocenters. The summed E-state index contributed by atoms with van der Waals surface area (Å²) < 4.78 is 0.208. The number of allylic oxidation sites excluding steroid dienone is 2. The maximum absolute atomic E-state index is 5.90. The van der Waals surface area contributed by atoms with Gasteiger partial charge in [0.1, 0.15) is 0 Å². The van der Waals surface area contributed by atoms with Crippen LogP contribution in [0.4, 0.5) is 0 Å². The van der Waals surface area contributed by atoms with Crippen LogP contribution in [0.2, 0.25) is 0 Å². The molecule has 0 saturated heterocycles. The van der Waals surface area contributed by atoms with E-state index in [0.717, 1.165) is 6.42 Å². The second-order valence-electron chi connectivity index (χ2n) is 1.90. The largest absolute Gasteiger partial charge is 0.110 e. The van der Waals surface area contributed by atoms with E-state index in [9.17, 15) is 0 Å². The number of hydrogen-bond acceptors (Lipinski definition) is 1. The fourth-order valence-corrected chi connectivity index (χ4v) is 2.83. The lowest BCUT2D eigenvalue weighted by molar-refractivity contribution is 1.18. The minimum absolute atomic E-state index is 0.208. The van der Waals surface area contributed by atoms with Crippen molar-refractivity contribution in [1.82, 2.24) is 0 Å². The number of rotatable bonds is 1. The summed E-state index contributed by atoms with van der Waals surface area (Å²) in [6, 6.07) is 0. The standard InChI is InChI=1S/C6H8BrClS/c1-2-4-3-5(7)6(8)9-4/h3,5-6H,2H2,1H3. The normalized spacial score (nSPS) is 34.8. The maximum atomic E-state index is 5.90. The molecule has 1 aliphatic rings. The third-order valence-electron chi connectivity index (χ3n) is 1.21. The van der Waals surface area contributed by atoms with E-state index < -0.39 is 0 Å². The fourth-order valence-electron chi connectivity index (χ4n) is 0.703. The highest BCUT2D eigenvalue weighted by molar-refractivity contribution is 9.09. The lowest BCUT2D eigenvalue weighted by Crippen LogP contribution is -1.99. The summed E-state index contributed by atoms with van der Waals surface area (Å²) in [5.74, 6) is 0. The third kappa shape index (κ3) is 1.89.